The minimum absolute atomic E-state index is 0.0280. The zero-order valence-corrected chi connectivity index (χ0v) is 15.4. The van der Waals surface area contributed by atoms with E-state index >= 15 is 0 Å². The van der Waals surface area contributed by atoms with Crippen LogP contribution in [0.3, 0.4) is 0 Å². The third kappa shape index (κ3) is 3.99. The Kier molecular flexibility index (Phi) is 5.14. The van der Waals surface area contributed by atoms with Gasteiger partial charge in [0.15, 0.2) is 0 Å². The highest BCUT2D eigenvalue weighted by molar-refractivity contribution is 5.94. The Hall–Kier alpha value is -2.76. The van der Waals surface area contributed by atoms with Gasteiger partial charge in [0.05, 0.1) is 18.6 Å². The Labute approximate surface area is 159 Å². The first kappa shape index (κ1) is 17.6. The van der Waals surface area contributed by atoms with E-state index in [4.69, 9.17) is 4.74 Å². The summed E-state index contributed by atoms with van der Waals surface area (Å²) in [6, 6.07) is 7.86. The molecule has 27 heavy (non-hydrogen) atoms. The van der Waals surface area contributed by atoms with Crippen LogP contribution in [0, 0.1) is 0 Å². The lowest BCUT2D eigenvalue weighted by Crippen LogP contribution is -2.37. The van der Waals surface area contributed by atoms with Crippen LogP contribution in [-0.2, 0) is 17.6 Å². The molecule has 1 aromatic carbocycles. The van der Waals surface area contributed by atoms with E-state index in [1.54, 1.807) is 18.5 Å². The number of nitrogens with one attached hydrogen (secondary N) is 1. The van der Waals surface area contributed by atoms with Gasteiger partial charge in [0.2, 0.25) is 5.91 Å². The van der Waals surface area contributed by atoms with Gasteiger partial charge in [-0.1, -0.05) is 12.1 Å². The number of aromatic nitrogens is 1. The molecule has 4 rings (SSSR count). The second-order valence-electron chi connectivity index (χ2n) is 7.20. The van der Waals surface area contributed by atoms with E-state index in [0.29, 0.717) is 38.2 Å². The number of aryl methyl sites for hydroxylation is 1. The Morgan fingerprint density at radius 3 is 2.74 bits per heavy atom. The quantitative estimate of drug-likeness (QED) is 0.905. The second kappa shape index (κ2) is 7.86. The first-order valence-electron chi connectivity index (χ1n) is 9.65. The third-order valence-electron chi connectivity index (χ3n) is 5.31. The third-order valence-corrected chi connectivity index (χ3v) is 5.31. The van der Waals surface area contributed by atoms with Gasteiger partial charge in [0, 0.05) is 38.6 Å². The summed E-state index contributed by atoms with van der Waals surface area (Å²) < 4.78 is 5.65. The van der Waals surface area contributed by atoms with Crippen LogP contribution in [0.15, 0.2) is 36.7 Å². The van der Waals surface area contributed by atoms with E-state index in [1.807, 2.05) is 21.9 Å². The Bertz CT molecular complexity index is 816. The van der Waals surface area contributed by atoms with E-state index < -0.39 is 0 Å². The van der Waals surface area contributed by atoms with Crippen LogP contribution in [0.1, 0.15) is 34.3 Å². The van der Waals surface area contributed by atoms with Gasteiger partial charge < -0.3 is 19.5 Å². The number of carbonyl (C=O) groups is 2. The molecule has 0 spiro atoms. The van der Waals surface area contributed by atoms with Gasteiger partial charge in [0.25, 0.3) is 5.91 Å². The fourth-order valence-electron chi connectivity index (χ4n) is 3.82. The molecule has 142 valence electrons. The lowest BCUT2D eigenvalue weighted by Gasteiger charge is -2.22. The minimum Gasteiger partial charge on any atom is -0.493 e. The molecule has 6 nitrogen and oxygen atoms in total. The average Bonchev–Trinajstić information content (AvgIpc) is 3.11. The molecule has 2 aliphatic rings. The summed E-state index contributed by atoms with van der Waals surface area (Å²) in [4.78, 5) is 31.9. The van der Waals surface area contributed by atoms with Crippen molar-refractivity contribution in [2.24, 2.45) is 0 Å². The van der Waals surface area contributed by atoms with Crippen LogP contribution >= 0.6 is 0 Å². The van der Waals surface area contributed by atoms with E-state index in [9.17, 15) is 9.59 Å². The number of ether oxygens (including phenoxy) is 1. The summed E-state index contributed by atoms with van der Waals surface area (Å²) in [5, 5.41) is 0. The van der Waals surface area contributed by atoms with Gasteiger partial charge in [-0.15, -0.1) is 0 Å². The molecule has 2 amide bonds. The summed E-state index contributed by atoms with van der Waals surface area (Å²) in [5.41, 5.74) is 2.91. The molecule has 1 fully saturated rings. The Balaban J connectivity index is 1.36. The summed E-state index contributed by atoms with van der Waals surface area (Å²) in [7, 11) is 0. The van der Waals surface area contributed by atoms with Gasteiger partial charge in [-0.2, -0.15) is 0 Å². The molecule has 0 atom stereocenters. The van der Waals surface area contributed by atoms with Crippen molar-refractivity contribution in [3.05, 3.63) is 53.3 Å². The molecular formula is C21H25N3O3. The van der Waals surface area contributed by atoms with E-state index in [-0.39, 0.29) is 11.8 Å². The lowest BCUT2D eigenvalue weighted by molar-refractivity contribution is -0.130. The van der Waals surface area contributed by atoms with Gasteiger partial charge in [-0.05, 0) is 42.5 Å². The minimum atomic E-state index is 0.0280. The van der Waals surface area contributed by atoms with Crippen LogP contribution in [0.25, 0.3) is 0 Å². The molecule has 6 heteroatoms. The monoisotopic (exact) mass is 367 g/mol. The lowest BCUT2D eigenvalue weighted by atomic mass is 10.0. The van der Waals surface area contributed by atoms with Gasteiger partial charge in [0.1, 0.15) is 5.75 Å². The molecule has 2 aromatic rings. The topological polar surface area (TPSA) is 65.6 Å². The predicted octanol–water partition coefficient (Wildman–Crippen LogP) is 2.26. The molecule has 1 saturated heterocycles. The zero-order valence-electron chi connectivity index (χ0n) is 15.4. The smallest absolute Gasteiger partial charge is 0.255 e. The van der Waals surface area contributed by atoms with Gasteiger partial charge in [-0.25, -0.2) is 0 Å². The van der Waals surface area contributed by atoms with Crippen LogP contribution in [0.2, 0.25) is 0 Å². The SMILES string of the molecule is O=C(Cc1ccc2c(c1)CCCO2)N1CCCN(C(=O)c2cc[nH]c2)CC1. The second-order valence-corrected chi connectivity index (χ2v) is 7.20. The number of nitrogens with zero attached hydrogens (tertiary/aromatic N) is 2. The molecule has 0 saturated carbocycles. The first-order chi connectivity index (χ1) is 13.2. The highest BCUT2D eigenvalue weighted by Gasteiger charge is 2.23. The van der Waals surface area contributed by atoms with E-state index in [2.05, 4.69) is 11.1 Å². The highest BCUT2D eigenvalue weighted by atomic mass is 16.5. The molecule has 0 radical (unpaired) electrons. The number of H-pyrrole nitrogens is 1. The Morgan fingerprint density at radius 1 is 1.04 bits per heavy atom. The number of amides is 2. The molecule has 0 aliphatic carbocycles. The maximum absolute atomic E-state index is 12.8. The molecule has 0 unspecified atom stereocenters. The first-order valence-corrected chi connectivity index (χ1v) is 9.65. The summed E-state index contributed by atoms with van der Waals surface area (Å²) in [6.07, 6.45) is 6.72. The Morgan fingerprint density at radius 2 is 1.89 bits per heavy atom. The normalized spacial score (nSPS) is 17.0. The van der Waals surface area contributed by atoms with Crippen molar-refractivity contribution >= 4 is 11.8 Å². The van der Waals surface area contributed by atoms with Crippen LogP contribution in [0.4, 0.5) is 0 Å². The highest BCUT2D eigenvalue weighted by Crippen LogP contribution is 2.26. The number of hydrogen-bond donors (Lipinski definition) is 1. The van der Waals surface area contributed by atoms with Crippen LogP contribution < -0.4 is 4.74 Å². The molecular weight excluding hydrogens is 342 g/mol. The number of fused-ring (bicyclic) bond motifs is 1. The van der Waals surface area contributed by atoms with Crippen molar-refractivity contribution in [1.29, 1.82) is 0 Å². The average molecular weight is 367 g/mol. The van der Waals surface area contributed by atoms with Crippen molar-refractivity contribution in [2.45, 2.75) is 25.7 Å². The summed E-state index contributed by atoms with van der Waals surface area (Å²) in [5.74, 6) is 1.11. The van der Waals surface area contributed by atoms with Crippen LogP contribution in [-0.4, -0.2) is 59.4 Å². The molecule has 1 aromatic heterocycles. The van der Waals surface area contributed by atoms with Crippen molar-refractivity contribution in [1.82, 2.24) is 14.8 Å². The summed E-state index contributed by atoms with van der Waals surface area (Å²) >= 11 is 0. The number of hydrogen-bond acceptors (Lipinski definition) is 3. The predicted molar refractivity (Wildman–Crippen MR) is 102 cm³/mol. The standard InChI is InChI=1S/C21H25N3O3/c25-20(14-16-4-5-19-17(13-16)3-1-12-27-19)23-8-2-9-24(11-10-23)21(26)18-6-7-22-15-18/h4-7,13,15,22H,1-3,8-12,14H2. The van der Waals surface area contributed by atoms with Crippen molar-refractivity contribution in [3.8, 4) is 5.75 Å². The van der Waals surface area contributed by atoms with Crippen LogP contribution in [0.5, 0.6) is 5.75 Å². The maximum Gasteiger partial charge on any atom is 0.255 e. The molecule has 3 heterocycles. The van der Waals surface area contributed by atoms with Gasteiger partial charge in [-0.3, -0.25) is 9.59 Å². The van der Waals surface area contributed by atoms with Crippen molar-refractivity contribution < 1.29 is 14.3 Å². The van der Waals surface area contributed by atoms with Gasteiger partial charge >= 0.3 is 0 Å². The number of carbonyl (C=O) groups excluding carboxylic acids is 2. The largest absolute Gasteiger partial charge is 0.493 e. The number of rotatable bonds is 3. The molecule has 0 bridgehead atoms. The van der Waals surface area contributed by atoms with Crippen molar-refractivity contribution in [2.75, 3.05) is 32.8 Å². The number of benzene rings is 1. The summed E-state index contributed by atoms with van der Waals surface area (Å²) in [6.45, 7) is 3.32. The van der Waals surface area contributed by atoms with E-state index in [1.165, 1.54) is 5.56 Å². The van der Waals surface area contributed by atoms with E-state index in [0.717, 1.165) is 37.2 Å². The van der Waals surface area contributed by atoms with Crippen molar-refractivity contribution in [3.63, 3.8) is 0 Å². The maximum atomic E-state index is 12.8. The fraction of sp³-hybridized carbons (Fsp3) is 0.429. The molecule has 1 N–H and O–H groups in total. The fourth-order valence-corrected chi connectivity index (χ4v) is 3.82. The molecule has 2 aliphatic heterocycles. The number of aromatic amines is 1. The zero-order chi connectivity index (χ0) is 18.6.